The fraction of sp³-hybridized carbons (Fsp3) is 0.500. The van der Waals surface area contributed by atoms with E-state index in [1.54, 1.807) is 7.11 Å². The molecule has 1 N–H and O–H groups in total. The third-order valence-corrected chi connectivity index (χ3v) is 6.12. The normalized spacial score (nSPS) is 19.5. The second kappa shape index (κ2) is 6.34. The van der Waals surface area contributed by atoms with Crippen molar-refractivity contribution in [2.45, 2.75) is 25.7 Å². The number of aromatic nitrogens is 1. The van der Waals surface area contributed by atoms with Crippen molar-refractivity contribution in [2.75, 3.05) is 33.8 Å². The maximum absolute atomic E-state index is 12.8. The van der Waals surface area contributed by atoms with Crippen molar-refractivity contribution < 1.29 is 14.3 Å². The van der Waals surface area contributed by atoms with Crippen LogP contribution in [-0.4, -0.2) is 60.4 Å². The molecule has 0 saturated carbocycles. The number of carbonyl (C=O) groups is 2. The molecule has 0 unspecified atom stereocenters. The molecule has 26 heavy (non-hydrogen) atoms. The lowest BCUT2D eigenvalue weighted by molar-refractivity contribution is -0.141. The Kier molecular flexibility index (Phi) is 4.13. The van der Waals surface area contributed by atoms with Gasteiger partial charge in [-0.25, -0.2) is 0 Å². The van der Waals surface area contributed by atoms with Gasteiger partial charge in [-0.2, -0.15) is 0 Å². The van der Waals surface area contributed by atoms with Gasteiger partial charge in [-0.3, -0.25) is 9.59 Å². The number of carbonyl (C=O) groups excluding carboxylic acids is 2. The molecular formula is C20H25N3O3. The molecule has 1 aromatic heterocycles. The number of hydrogen-bond donors (Lipinski definition) is 1. The number of benzene rings is 1. The largest absolute Gasteiger partial charge is 0.497 e. The zero-order valence-electron chi connectivity index (χ0n) is 15.4. The number of aromatic amines is 1. The summed E-state index contributed by atoms with van der Waals surface area (Å²) in [5, 5.41) is 1.03. The predicted molar refractivity (Wildman–Crippen MR) is 99.1 cm³/mol. The summed E-state index contributed by atoms with van der Waals surface area (Å²) in [7, 11) is 3.52. The molecule has 6 heteroatoms. The van der Waals surface area contributed by atoms with Crippen LogP contribution in [0.3, 0.4) is 0 Å². The first-order chi connectivity index (χ1) is 12.5. The zero-order chi connectivity index (χ0) is 18.3. The number of hydrogen-bond acceptors (Lipinski definition) is 3. The van der Waals surface area contributed by atoms with Gasteiger partial charge in [0.05, 0.1) is 18.9 Å². The van der Waals surface area contributed by atoms with E-state index in [1.807, 2.05) is 41.2 Å². The SMILES string of the molecule is COc1ccc2[nH]cc(CC(=O)N3CCC4(CCN(C)C4=O)CC3)c2c1. The first-order valence-electron chi connectivity index (χ1n) is 9.20. The summed E-state index contributed by atoms with van der Waals surface area (Å²) >= 11 is 0. The monoisotopic (exact) mass is 355 g/mol. The molecule has 0 atom stereocenters. The van der Waals surface area contributed by atoms with Gasteiger partial charge in [-0.15, -0.1) is 0 Å². The van der Waals surface area contributed by atoms with Gasteiger partial charge in [-0.1, -0.05) is 0 Å². The summed E-state index contributed by atoms with van der Waals surface area (Å²) < 4.78 is 5.30. The lowest BCUT2D eigenvalue weighted by atomic mass is 9.77. The molecule has 2 fully saturated rings. The standard InChI is InChI=1S/C20H25N3O3/c1-22-8-5-20(19(22)25)6-9-23(10-7-20)18(24)11-14-13-21-17-4-3-15(26-2)12-16(14)17/h3-4,12-13,21H,5-11H2,1-2H3. The second-order valence-corrected chi connectivity index (χ2v) is 7.54. The summed E-state index contributed by atoms with van der Waals surface area (Å²) in [5.74, 6) is 1.17. The summed E-state index contributed by atoms with van der Waals surface area (Å²) in [4.78, 5) is 32.2. The molecule has 0 aliphatic carbocycles. The van der Waals surface area contributed by atoms with Gasteiger partial charge < -0.3 is 19.5 Å². The number of ether oxygens (including phenoxy) is 1. The van der Waals surface area contributed by atoms with Crippen molar-refractivity contribution in [1.29, 1.82) is 0 Å². The fourth-order valence-electron chi connectivity index (χ4n) is 4.35. The van der Waals surface area contributed by atoms with E-state index in [9.17, 15) is 9.59 Å². The Labute approximate surface area is 153 Å². The number of piperidine rings is 1. The van der Waals surface area contributed by atoms with Crippen molar-refractivity contribution >= 4 is 22.7 Å². The van der Waals surface area contributed by atoms with E-state index in [-0.39, 0.29) is 17.2 Å². The minimum Gasteiger partial charge on any atom is -0.497 e. The highest BCUT2D eigenvalue weighted by molar-refractivity contribution is 5.90. The van der Waals surface area contributed by atoms with Crippen LogP contribution in [0.2, 0.25) is 0 Å². The van der Waals surface area contributed by atoms with E-state index in [0.717, 1.165) is 48.0 Å². The van der Waals surface area contributed by atoms with Crippen LogP contribution in [0.1, 0.15) is 24.8 Å². The highest BCUT2D eigenvalue weighted by atomic mass is 16.5. The van der Waals surface area contributed by atoms with E-state index in [2.05, 4.69) is 4.98 Å². The van der Waals surface area contributed by atoms with E-state index in [4.69, 9.17) is 4.74 Å². The molecule has 2 aliphatic rings. The Bertz CT molecular complexity index is 849. The highest BCUT2D eigenvalue weighted by Crippen LogP contribution is 2.41. The number of H-pyrrole nitrogens is 1. The molecule has 3 heterocycles. The van der Waals surface area contributed by atoms with E-state index < -0.39 is 0 Å². The first-order valence-corrected chi connectivity index (χ1v) is 9.20. The van der Waals surface area contributed by atoms with Gasteiger partial charge in [0, 0.05) is 43.8 Å². The Balaban J connectivity index is 1.44. The van der Waals surface area contributed by atoms with Gasteiger partial charge in [0.25, 0.3) is 0 Å². The van der Waals surface area contributed by atoms with Crippen LogP contribution in [0.15, 0.2) is 24.4 Å². The molecule has 2 amide bonds. The molecule has 0 bridgehead atoms. The number of fused-ring (bicyclic) bond motifs is 1. The fourth-order valence-corrected chi connectivity index (χ4v) is 4.35. The van der Waals surface area contributed by atoms with Crippen molar-refractivity contribution in [3.8, 4) is 5.75 Å². The van der Waals surface area contributed by atoms with Crippen LogP contribution < -0.4 is 4.74 Å². The first kappa shape index (κ1) is 16.9. The molecule has 0 radical (unpaired) electrons. The van der Waals surface area contributed by atoms with Crippen LogP contribution in [0.4, 0.5) is 0 Å². The Morgan fingerprint density at radius 1 is 1.23 bits per heavy atom. The molecule has 138 valence electrons. The molecule has 2 aliphatic heterocycles. The number of methoxy groups -OCH3 is 1. The zero-order valence-corrected chi connectivity index (χ0v) is 15.4. The number of likely N-dealkylation sites (tertiary alicyclic amines) is 2. The van der Waals surface area contributed by atoms with E-state index in [1.165, 1.54) is 0 Å². The van der Waals surface area contributed by atoms with Gasteiger partial charge in [-0.05, 0) is 43.0 Å². The van der Waals surface area contributed by atoms with Crippen LogP contribution >= 0.6 is 0 Å². The maximum Gasteiger partial charge on any atom is 0.228 e. The number of amides is 2. The summed E-state index contributed by atoms with van der Waals surface area (Å²) in [6.45, 7) is 2.18. The lowest BCUT2D eigenvalue weighted by Gasteiger charge is -2.37. The van der Waals surface area contributed by atoms with Crippen LogP contribution in [-0.2, 0) is 16.0 Å². The van der Waals surface area contributed by atoms with Crippen molar-refractivity contribution in [2.24, 2.45) is 5.41 Å². The Morgan fingerprint density at radius 2 is 1.96 bits per heavy atom. The third kappa shape index (κ3) is 2.73. The Morgan fingerprint density at radius 3 is 2.62 bits per heavy atom. The summed E-state index contributed by atoms with van der Waals surface area (Å²) in [5.41, 5.74) is 1.77. The van der Waals surface area contributed by atoms with Gasteiger partial charge >= 0.3 is 0 Å². The molecular weight excluding hydrogens is 330 g/mol. The van der Waals surface area contributed by atoms with E-state index in [0.29, 0.717) is 19.5 Å². The maximum atomic E-state index is 12.8. The predicted octanol–water partition coefficient (Wildman–Crippen LogP) is 2.19. The highest BCUT2D eigenvalue weighted by Gasteiger charge is 2.47. The average Bonchev–Trinajstić information content (AvgIpc) is 3.18. The van der Waals surface area contributed by atoms with Crippen LogP contribution in [0.25, 0.3) is 10.9 Å². The Hall–Kier alpha value is -2.50. The summed E-state index contributed by atoms with van der Waals surface area (Å²) in [6, 6.07) is 5.84. The summed E-state index contributed by atoms with van der Waals surface area (Å²) in [6.07, 6.45) is 4.76. The quantitative estimate of drug-likeness (QED) is 0.918. The van der Waals surface area contributed by atoms with Crippen molar-refractivity contribution in [3.63, 3.8) is 0 Å². The average molecular weight is 355 g/mol. The smallest absolute Gasteiger partial charge is 0.228 e. The van der Waals surface area contributed by atoms with Gasteiger partial charge in [0.15, 0.2) is 0 Å². The molecule has 2 saturated heterocycles. The third-order valence-electron chi connectivity index (χ3n) is 6.12. The van der Waals surface area contributed by atoms with E-state index >= 15 is 0 Å². The topological polar surface area (TPSA) is 65.6 Å². The number of nitrogens with one attached hydrogen (secondary N) is 1. The van der Waals surface area contributed by atoms with Gasteiger partial charge in [0.2, 0.25) is 11.8 Å². The molecule has 1 spiro atoms. The van der Waals surface area contributed by atoms with Crippen molar-refractivity contribution in [1.82, 2.24) is 14.8 Å². The van der Waals surface area contributed by atoms with Crippen LogP contribution in [0.5, 0.6) is 5.75 Å². The minimum absolute atomic E-state index is 0.127. The molecule has 6 nitrogen and oxygen atoms in total. The van der Waals surface area contributed by atoms with Crippen LogP contribution in [0, 0.1) is 5.41 Å². The molecule has 4 rings (SSSR count). The number of rotatable bonds is 3. The van der Waals surface area contributed by atoms with Crippen molar-refractivity contribution in [3.05, 3.63) is 30.0 Å². The second-order valence-electron chi connectivity index (χ2n) is 7.54. The number of nitrogens with zero attached hydrogens (tertiary/aromatic N) is 2. The minimum atomic E-state index is -0.223. The lowest BCUT2D eigenvalue weighted by Crippen LogP contribution is -2.46. The van der Waals surface area contributed by atoms with Gasteiger partial charge in [0.1, 0.15) is 5.75 Å². The molecule has 2 aromatic rings. The molecule has 1 aromatic carbocycles.